The van der Waals surface area contributed by atoms with Crippen molar-refractivity contribution in [3.8, 4) is 10.6 Å². The first-order chi connectivity index (χ1) is 14.2. The molecular weight excluding hydrogens is 434 g/mol. The Morgan fingerprint density at radius 3 is 2.47 bits per heavy atom. The summed E-state index contributed by atoms with van der Waals surface area (Å²) in [6, 6.07) is 8.54. The lowest BCUT2D eigenvalue weighted by atomic mass is 10.2. The Morgan fingerprint density at radius 2 is 1.80 bits per heavy atom. The predicted octanol–water partition coefficient (Wildman–Crippen LogP) is 3.67. The smallest absolute Gasteiger partial charge is 0.260 e. The third kappa shape index (κ3) is 5.23. The minimum Gasteiger partial charge on any atom is -0.296 e. The zero-order valence-corrected chi connectivity index (χ0v) is 17.7. The molecule has 1 amide bonds. The summed E-state index contributed by atoms with van der Waals surface area (Å²) in [7, 11) is -3.89. The van der Waals surface area contributed by atoms with E-state index in [1.54, 1.807) is 0 Å². The van der Waals surface area contributed by atoms with E-state index in [9.17, 15) is 22.0 Å². The van der Waals surface area contributed by atoms with Crippen LogP contribution in [0.15, 0.2) is 47.4 Å². The van der Waals surface area contributed by atoms with E-state index in [4.69, 9.17) is 0 Å². The molecule has 0 aliphatic heterocycles. The number of hydrogen-bond donors (Lipinski definition) is 2. The molecule has 0 atom stereocenters. The first kappa shape index (κ1) is 21.9. The highest BCUT2D eigenvalue weighted by atomic mass is 32.2. The van der Waals surface area contributed by atoms with Crippen molar-refractivity contribution in [2.75, 3.05) is 11.9 Å². The van der Waals surface area contributed by atoms with Gasteiger partial charge in [-0.2, -0.15) is 0 Å². The van der Waals surface area contributed by atoms with Crippen molar-refractivity contribution in [3.63, 3.8) is 0 Å². The molecule has 0 fully saturated rings. The van der Waals surface area contributed by atoms with Crippen molar-refractivity contribution in [1.82, 2.24) is 14.9 Å². The fourth-order valence-electron chi connectivity index (χ4n) is 2.35. The van der Waals surface area contributed by atoms with Crippen LogP contribution >= 0.6 is 11.3 Å². The van der Waals surface area contributed by atoms with Crippen molar-refractivity contribution in [2.24, 2.45) is 5.92 Å². The number of halogens is 2. The van der Waals surface area contributed by atoms with E-state index in [2.05, 4.69) is 20.2 Å². The highest BCUT2D eigenvalue weighted by Crippen LogP contribution is 2.27. The number of nitrogens with one attached hydrogen (secondary N) is 2. The van der Waals surface area contributed by atoms with Gasteiger partial charge in [-0.3, -0.25) is 10.1 Å². The molecule has 0 saturated carbocycles. The molecule has 0 aliphatic rings. The maximum absolute atomic E-state index is 14.2. The molecular formula is C19H18F2N4O3S2. The molecule has 2 aromatic carbocycles. The summed E-state index contributed by atoms with van der Waals surface area (Å²) < 4.78 is 54.3. The lowest BCUT2D eigenvalue weighted by Gasteiger charge is -2.10. The fraction of sp³-hybridized carbons (Fsp3) is 0.211. The molecule has 11 heteroatoms. The molecule has 30 heavy (non-hydrogen) atoms. The minimum absolute atomic E-state index is 0.0794. The zero-order chi connectivity index (χ0) is 21.9. The van der Waals surface area contributed by atoms with Gasteiger partial charge in [0.2, 0.25) is 15.2 Å². The van der Waals surface area contributed by atoms with E-state index >= 15 is 0 Å². The van der Waals surface area contributed by atoms with Gasteiger partial charge in [0.05, 0.1) is 10.5 Å². The van der Waals surface area contributed by atoms with Gasteiger partial charge in [-0.05, 0) is 48.4 Å². The summed E-state index contributed by atoms with van der Waals surface area (Å²) in [6.07, 6.45) is 0. The Hall–Kier alpha value is -2.76. The van der Waals surface area contributed by atoms with E-state index in [-0.39, 0.29) is 22.5 Å². The largest absolute Gasteiger partial charge is 0.296 e. The van der Waals surface area contributed by atoms with Crippen LogP contribution in [-0.2, 0) is 10.0 Å². The van der Waals surface area contributed by atoms with E-state index in [1.807, 2.05) is 13.8 Å². The van der Waals surface area contributed by atoms with Crippen molar-refractivity contribution in [2.45, 2.75) is 18.7 Å². The third-order valence-corrected chi connectivity index (χ3v) is 6.22. The second-order valence-corrected chi connectivity index (χ2v) is 9.51. The average Bonchev–Trinajstić information content (AvgIpc) is 3.15. The molecule has 0 bridgehead atoms. The molecule has 3 rings (SSSR count). The van der Waals surface area contributed by atoms with Crippen molar-refractivity contribution in [3.05, 3.63) is 59.7 Å². The molecule has 1 heterocycles. The molecule has 158 valence electrons. The van der Waals surface area contributed by atoms with Gasteiger partial charge in [0.25, 0.3) is 5.91 Å². The quantitative estimate of drug-likeness (QED) is 0.570. The number of hydrogen-bond acceptors (Lipinski definition) is 6. The Kier molecular flexibility index (Phi) is 6.54. The number of amides is 1. The fourth-order valence-corrected chi connectivity index (χ4v) is 4.34. The Balaban J connectivity index is 1.79. The Labute approximate surface area is 176 Å². The number of nitrogens with zero attached hydrogens (tertiary/aromatic N) is 2. The van der Waals surface area contributed by atoms with Crippen molar-refractivity contribution >= 4 is 32.4 Å². The van der Waals surface area contributed by atoms with Crippen LogP contribution in [0.5, 0.6) is 0 Å². The first-order valence-electron chi connectivity index (χ1n) is 8.86. The van der Waals surface area contributed by atoms with Crippen LogP contribution in [0.4, 0.5) is 13.9 Å². The summed E-state index contributed by atoms with van der Waals surface area (Å²) in [4.78, 5) is 12.3. The van der Waals surface area contributed by atoms with Gasteiger partial charge in [-0.25, -0.2) is 21.9 Å². The minimum atomic E-state index is -3.89. The number of rotatable bonds is 7. The van der Waals surface area contributed by atoms with Crippen LogP contribution in [0.25, 0.3) is 10.6 Å². The molecule has 3 aromatic rings. The van der Waals surface area contributed by atoms with Crippen molar-refractivity contribution < 1.29 is 22.0 Å². The number of aromatic nitrogens is 2. The van der Waals surface area contributed by atoms with Gasteiger partial charge >= 0.3 is 0 Å². The number of carbonyl (C=O) groups excluding carboxylic acids is 1. The lowest BCUT2D eigenvalue weighted by molar-refractivity contribution is 0.102. The third-order valence-electron chi connectivity index (χ3n) is 3.91. The summed E-state index contributed by atoms with van der Waals surface area (Å²) >= 11 is 1.01. The first-order valence-corrected chi connectivity index (χ1v) is 11.2. The second kappa shape index (κ2) is 8.94. The van der Waals surface area contributed by atoms with E-state index in [0.717, 1.165) is 29.5 Å². The summed E-state index contributed by atoms with van der Waals surface area (Å²) in [5, 5.41) is 10.7. The van der Waals surface area contributed by atoms with E-state index in [1.165, 1.54) is 24.3 Å². The normalized spacial score (nSPS) is 11.6. The Morgan fingerprint density at radius 1 is 1.10 bits per heavy atom. The molecule has 0 unspecified atom stereocenters. The van der Waals surface area contributed by atoms with Gasteiger partial charge in [0.15, 0.2) is 0 Å². The highest BCUT2D eigenvalue weighted by molar-refractivity contribution is 7.89. The number of benzene rings is 2. The van der Waals surface area contributed by atoms with E-state index in [0.29, 0.717) is 10.6 Å². The van der Waals surface area contributed by atoms with E-state index < -0.39 is 33.1 Å². The van der Waals surface area contributed by atoms with Crippen LogP contribution in [-0.4, -0.2) is 31.1 Å². The maximum Gasteiger partial charge on any atom is 0.260 e. The molecule has 1 aromatic heterocycles. The SMILES string of the molecule is CC(C)CNS(=O)(=O)c1ccc(F)c(C(=O)Nc2nnc(-c3ccc(F)cc3)s2)c1. The summed E-state index contributed by atoms with van der Waals surface area (Å²) in [5.74, 6) is -2.06. The van der Waals surface area contributed by atoms with Gasteiger partial charge in [0.1, 0.15) is 16.6 Å². The second-order valence-electron chi connectivity index (χ2n) is 6.76. The number of anilines is 1. The maximum atomic E-state index is 14.2. The molecule has 0 radical (unpaired) electrons. The van der Waals surface area contributed by atoms with Gasteiger partial charge in [-0.1, -0.05) is 25.2 Å². The van der Waals surface area contributed by atoms with Crippen LogP contribution in [0.2, 0.25) is 0 Å². The number of carbonyl (C=O) groups is 1. The topological polar surface area (TPSA) is 101 Å². The van der Waals surface area contributed by atoms with Crippen LogP contribution in [0.1, 0.15) is 24.2 Å². The zero-order valence-electron chi connectivity index (χ0n) is 16.0. The average molecular weight is 453 g/mol. The van der Waals surface area contributed by atoms with Crippen molar-refractivity contribution in [1.29, 1.82) is 0 Å². The van der Waals surface area contributed by atoms with Crippen LogP contribution in [0.3, 0.4) is 0 Å². The van der Waals surface area contributed by atoms with Crippen LogP contribution < -0.4 is 10.0 Å². The molecule has 2 N–H and O–H groups in total. The highest BCUT2D eigenvalue weighted by Gasteiger charge is 2.20. The van der Waals surface area contributed by atoms with Gasteiger partial charge < -0.3 is 0 Å². The molecule has 0 spiro atoms. The summed E-state index contributed by atoms with van der Waals surface area (Å²) in [6.45, 7) is 3.89. The standard InChI is InChI=1S/C19H18F2N4O3S2/c1-11(2)10-22-30(27,28)14-7-8-16(21)15(9-14)17(26)23-19-25-24-18(29-19)12-3-5-13(20)6-4-12/h3-9,11,22H,10H2,1-2H3,(H,23,25,26). The molecule has 0 aliphatic carbocycles. The predicted molar refractivity (Wildman–Crippen MR) is 110 cm³/mol. The monoisotopic (exact) mass is 452 g/mol. The van der Waals surface area contributed by atoms with Gasteiger partial charge in [0, 0.05) is 12.1 Å². The van der Waals surface area contributed by atoms with Gasteiger partial charge in [-0.15, -0.1) is 10.2 Å². The lowest BCUT2D eigenvalue weighted by Crippen LogP contribution is -2.28. The molecule has 0 saturated heterocycles. The Bertz CT molecular complexity index is 1160. The summed E-state index contributed by atoms with van der Waals surface area (Å²) in [5.41, 5.74) is 0.158. The number of sulfonamides is 1. The van der Waals surface area contributed by atoms with Crippen LogP contribution in [0, 0.1) is 17.6 Å². The molecule has 7 nitrogen and oxygen atoms in total.